The fourth-order valence-electron chi connectivity index (χ4n) is 5.87. The molecule has 0 atom stereocenters. The molecule has 0 N–H and O–H groups in total. The molecule has 0 radical (unpaired) electrons. The maximum Gasteiger partial charge on any atom is 0.0911 e. The molecule has 242 valence electrons. The van der Waals surface area contributed by atoms with Gasteiger partial charge in [-0.2, -0.15) is 0 Å². The van der Waals surface area contributed by atoms with Crippen molar-refractivity contribution in [2.24, 2.45) is 0 Å². The Kier molecular flexibility index (Phi) is 24.2. The normalized spacial score (nSPS) is 13.1. The molecule has 0 heterocycles. The van der Waals surface area contributed by atoms with E-state index in [-0.39, 0.29) is 0 Å². The minimum Gasteiger partial charge on any atom is -0.327 e. The van der Waals surface area contributed by atoms with Crippen LogP contribution >= 0.6 is 0 Å². The molecule has 0 saturated carbocycles. The summed E-state index contributed by atoms with van der Waals surface area (Å²) in [5.41, 5.74) is 0. The van der Waals surface area contributed by atoms with Crippen LogP contribution in [0, 0.1) is 0 Å². The minimum atomic E-state index is 1.18. The van der Waals surface area contributed by atoms with Crippen LogP contribution in [0.15, 0.2) is 0 Å². The van der Waals surface area contributed by atoms with Crippen molar-refractivity contribution in [3.05, 3.63) is 0 Å². The molecule has 0 aromatic rings. The Morgan fingerprint density at radius 2 is 0.525 bits per heavy atom. The third-order valence-electron chi connectivity index (χ3n) is 9.42. The molecule has 0 spiro atoms. The number of quaternary nitrogens is 3. The van der Waals surface area contributed by atoms with Crippen molar-refractivity contribution in [3.8, 4) is 0 Å². The maximum absolute atomic E-state index is 2.84. The first-order valence-electron chi connectivity index (χ1n) is 18.2. The first-order valence-corrected chi connectivity index (χ1v) is 18.2. The Morgan fingerprint density at radius 1 is 0.300 bits per heavy atom. The van der Waals surface area contributed by atoms with E-state index < -0.39 is 0 Å². The topological polar surface area (TPSA) is 3.24 Å². The Bertz CT molecular complexity index is 467. The average molecular weight is 570 g/mol. The molecule has 0 fully saturated rings. The number of hydrogen-bond acceptors (Lipinski definition) is 1. The summed E-state index contributed by atoms with van der Waals surface area (Å²) in [5, 5.41) is 0. The van der Waals surface area contributed by atoms with E-state index in [1.54, 1.807) is 0 Å². The van der Waals surface area contributed by atoms with Crippen molar-refractivity contribution < 1.29 is 13.4 Å². The van der Waals surface area contributed by atoms with Crippen LogP contribution in [-0.4, -0.2) is 120 Å². The fraction of sp³-hybridized carbons (Fsp3) is 1.00. The standard InChI is InChI=1S/C36H81N4/c1-10-13-16-19-22-25-31-38(4,5)34-28-37(29-35-39(6,7)32-26-23-20-17-14-11-2)30-36-40(8,9)33-27-24-21-18-15-12-3/h10-36H2,1-9H3/q+3. The van der Waals surface area contributed by atoms with Crippen LogP contribution in [0.2, 0.25) is 0 Å². The summed E-state index contributed by atoms with van der Waals surface area (Å²) < 4.78 is 3.53. The van der Waals surface area contributed by atoms with Gasteiger partial charge in [-0.25, -0.2) is 0 Å². The highest BCUT2D eigenvalue weighted by atomic mass is 15.4. The van der Waals surface area contributed by atoms with Gasteiger partial charge in [0.05, 0.1) is 81.6 Å². The molecule has 0 aromatic heterocycles. The second kappa shape index (κ2) is 24.3. The molecule has 0 aliphatic rings. The first kappa shape index (κ1) is 39.8. The van der Waals surface area contributed by atoms with E-state index in [2.05, 4.69) is 68.0 Å². The Balaban J connectivity index is 4.78. The predicted octanol–water partition coefficient (Wildman–Crippen LogP) is 8.60. The first-order chi connectivity index (χ1) is 19.0. The largest absolute Gasteiger partial charge is 0.327 e. The Hall–Kier alpha value is -0.160. The monoisotopic (exact) mass is 570 g/mol. The van der Waals surface area contributed by atoms with Crippen molar-refractivity contribution in [3.63, 3.8) is 0 Å². The maximum atomic E-state index is 2.84. The van der Waals surface area contributed by atoms with Gasteiger partial charge < -0.3 is 13.4 Å². The highest BCUT2D eigenvalue weighted by molar-refractivity contribution is 4.59. The quantitative estimate of drug-likeness (QED) is 0.0618. The van der Waals surface area contributed by atoms with Gasteiger partial charge in [0.1, 0.15) is 0 Å². The van der Waals surface area contributed by atoms with E-state index in [4.69, 9.17) is 0 Å². The number of nitrogens with zero attached hydrogens (tertiary/aromatic N) is 4. The van der Waals surface area contributed by atoms with Gasteiger partial charge >= 0.3 is 0 Å². The molecule has 4 nitrogen and oxygen atoms in total. The zero-order valence-corrected chi connectivity index (χ0v) is 29.9. The molecule has 0 saturated heterocycles. The molecular formula is C36H81N4+3. The van der Waals surface area contributed by atoms with Gasteiger partial charge in [0.15, 0.2) is 0 Å². The van der Waals surface area contributed by atoms with Gasteiger partial charge in [-0.1, -0.05) is 97.8 Å². The average Bonchev–Trinajstić information content (AvgIpc) is 2.89. The second-order valence-corrected chi connectivity index (χ2v) is 15.3. The molecule has 0 bridgehead atoms. The van der Waals surface area contributed by atoms with E-state index in [0.717, 1.165) is 0 Å². The van der Waals surface area contributed by atoms with E-state index in [1.807, 2.05) is 0 Å². The lowest BCUT2D eigenvalue weighted by Gasteiger charge is -2.37. The third kappa shape index (κ3) is 25.5. The lowest BCUT2D eigenvalue weighted by Crippen LogP contribution is -2.52. The van der Waals surface area contributed by atoms with Gasteiger partial charge in [0.2, 0.25) is 0 Å². The lowest BCUT2D eigenvalue weighted by molar-refractivity contribution is -0.895. The van der Waals surface area contributed by atoms with Gasteiger partial charge in [-0.3, -0.25) is 4.90 Å². The van der Waals surface area contributed by atoms with Crippen LogP contribution in [0.4, 0.5) is 0 Å². The Labute approximate surface area is 255 Å². The van der Waals surface area contributed by atoms with Crippen molar-refractivity contribution in [2.45, 2.75) is 136 Å². The van der Waals surface area contributed by atoms with Crippen LogP contribution in [-0.2, 0) is 0 Å². The molecule has 0 amide bonds. The minimum absolute atomic E-state index is 1.18. The van der Waals surface area contributed by atoms with Gasteiger partial charge in [0, 0.05) is 19.6 Å². The molecule has 40 heavy (non-hydrogen) atoms. The lowest BCUT2D eigenvalue weighted by atomic mass is 10.1. The molecule has 0 aromatic carbocycles. The van der Waals surface area contributed by atoms with Crippen LogP contribution in [0.3, 0.4) is 0 Å². The van der Waals surface area contributed by atoms with Gasteiger partial charge in [-0.05, 0) is 38.5 Å². The molecule has 0 rings (SSSR count). The summed E-state index contributed by atoms with van der Waals surface area (Å²) in [6, 6.07) is 0. The Morgan fingerprint density at radius 3 is 0.775 bits per heavy atom. The van der Waals surface area contributed by atoms with E-state index >= 15 is 0 Å². The molecule has 0 unspecified atom stereocenters. The fourth-order valence-corrected chi connectivity index (χ4v) is 5.87. The summed E-state index contributed by atoms with van der Waals surface area (Å²) in [6.07, 6.45) is 25.3. The number of likely N-dealkylation sites (N-methyl/N-ethyl adjacent to an activating group) is 3. The molecular weight excluding hydrogens is 488 g/mol. The molecule has 0 aliphatic heterocycles. The van der Waals surface area contributed by atoms with E-state index in [9.17, 15) is 0 Å². The zero-order chi connectivity index (χ0) is 30.2. The van der Waals surface area contributed by atoms with Crippen molar-refractivity contribution in [2.75, 3.05) is 101 Å². The van der Waals surface area contributed by atoms with Crippen molar-refractivity contribution >= 4 is 0 Å². The SMILES string of the molecule is CCCCCCCC[N+](C)(C)CCN(CC[N+](C)(C)CCCCCCCC)CC[N+](C)(C)CCCCCCCC. The van der Waals surface area contributed by atoms with Crippen LogP contribution < -0.4 is 0 Å². The summed E-state index contributed by atoms with van der Waals surface area (Å²) in [7, 11) is 14.8. The van der Waals surface area contributed by atoms with Crippen molar-refractivity contribution in [1.82, 2.24) is 4.90 Å². The summed E-state index contributed by atoms with van der Waals surface area (Å²) >= 11 is 0. The highest BCUT2D eigenvalue weighted by Gasteiger charge is 2.23. The predicted molar refractivity (Wildman–Crippen MR) is 182 cm³/mol. The number of hydrogen-bond donors (Lipinski definition) is 0. The number of unbranched alkanes of at least 4 members (excludes halogenated alkanes) is 15. The van der Waals surface area contributed by atoms with E-state index in [1.165, 1.54) is 188 Å². The molecule has 4 heteroatoms. The molecule has 0 aliphatic carbocycles. The van der Waals surface area contributed by atoms with E-state index in [0.29, 0.717) is 0 Å². The van der Waals surface area contributed by atoms with Gasteiger partial charge in [-0.15, -0.1) is 0 Å². The third-order valence-corrected chi connectivity index (χ3v) is 9.42. The van der Waals surface area contributed by atoms with Crippen LogP contribution in [0.1, 0.15) is 136 Å². The smallest absolute Gasteiger partial charge is 0.0911 e. The summed E-state index contributed by atoms with van der Waals surface area (Å²) in [6.45, 7) is 18.5. The van der Waals surface area contributed by atoms with Gasteiger partial charge in [0.25, 0.3) is 0 Å². The number of rotatable bonds is 30. The summed E-state index contributed by atoms with van der Waals surface area (Å²) in [5.74, 6) is 0. The summed E-state index contributed by atoms with van der Waals surface area (Å²) in [4.78, 5) is 2.84. The van der Waals surface area contributed by atoms with Crippen LogP contribution in [0.5, 0.6) is 0 Å². The zero-order valence-electron chi connectivity index (χ0n) is 29.9. The highest BCUT2D eigenvalue weighted by Crippen LogP contribution is 2.12. The van der Waals surface area contributed by atoms with Crippen molar-refractivity contribution in [1.29, 1.82) is 0 Å². The second-order valence-electron chi connectivity index (χ2n) is 15.3. The van der Waals surface area contributed by atoms with Crippen LogP contribution in [0.25, 0.3) is 0 Å².